The van der Waals surface area contributed by atoms with Gasteiger partial charge in [0.1, 0.15) is 0 Å². The second kappa shape index (κ2) is 6.90. The van der Waals surface area contributed by atoms with E-state index in [-0.39, 0.29) is 5.28 Å². The average Bonchev–Trinajstić information content (AvgIpc) is 2.23. The first kappa shape index (κ1) is 13.5. The van der Waals surface area contributed by atoms with E-state index in [2.05, 4.69) is 25.5 Å². The molecule has 0 saturated carbocycles. The predicted octanol–water partition coefficient (Wildman–Crippen LogP) is 0.359. The van der Waals surface area contributed by atoms with Gasteiger partial charge in [-0.2, -0.15) is 15.0 Å². The van der Waals surface area contributed by atoms with Gasteiger partial charge in [0.05, 0.1) is 0 Å². The highest BCUT2D eigenvalue weighted by Crippen LogP contribution is 2.13. The van der Waals surface area contributed by atoms with Crippen molar-refractivity contribution in [3.05, 3.63) is 5.28 Å². The molecule has 0 bridgehead atoms. The maximum Gasteiger partial charge on any atom is 0.373 e. The Labute approximate surface area is 104 Å². The van der Waals surface area contributed by atoms with Crippen LogP contribution in [0.5, 0.6) is 0 Å². The Balaban J connectivity index is 2.44. The number of rotatable bonds is 6. The van der Waals surface area contributed by atoms with Crippen LogP contribution in [-0.2, 0) is 0 Å². The third-order valence-electron chi connectivity index (χ3n) is 1.62. The van der Waals surface area contributed by atoms with Crippen molar-refractivity contribution in [2.75, 3.05) is 24.7 Å². The largest absolute Gasteiger partial charge is 0.437 e. The Bertz CT molecular complexity index is 343. The molecule has 0 aliphatic rings. The fourth-order valence-electron chi connectivity index (χ4n) is 0.958. The van der Waals surface area contributed by atoms with Crippen molar-refractivity contribution in [3.8, 4) is 0 Å². The molecule has 0 amide bonds. The lowest BCUT2D eigenvalue weighted by atomic mass is 9.89. The molecule has 0 atom stereocenters. The molecular formula is C7H13BClN5OS. The summed E-state index contributed by atoms with van der Waals surface area (Å²) in [7, 11) is -0.523. The van der Waals surface area contributed by atoms with Gasteiger partial charge in [-0.05, 0) is 24.7 Å². The van der Waals surface area contributed by atoms with Crippen molar-refractivity contribution in [3.63, 3.8) is 0 Å². The van der Waals surface area contributed by atoms with Crippen molar-refractivity contribution >= 4 is 36.4 Å². The molecule has 1 heterocycles. The Morgan fingerprint density at radius 2 is 2.12 bits per heavy atom. The number of thioether (sulfide) groups is 1. The van der Waals surface area contributed by atoms with Crippen molar-refractivity contribution in [2.45, 2.75) is 12.0 Å². The summed E-state index contributed by atoms with van der Waals surface area (Å²) in [6.45, 7) is 2.86. The highest BCUT2D eigenvalue weighted by Gasteiger charge is 2.04. The summed E-state index contributed by atoms with van der Waals surface area (Å²) in [5.74, 6) is 0.441. The van der Waals surface area contributed by atoms with Gasteiger partial charge in [0.25, 0.3) is 0 Å². The number of anilines is 1. The van der Waals surface area contributed by atoms with Crippen LogP contribution in [0.2, 0.25) is 12.1 Å². The molecule has 0 aliphatic carbocycles. The molecule has 0 fully saturated rings. The first-order valence-corrected chi connectivity index (χ1v) is 6.33. The van der Waals surface area contributed by atoms with Crippen LogP contribution in [-0.4, -0.2) is 46.4 Å². The van der Waals surface area contributed by atoms with E-state index in [1.54, 1.807) is 6.82 Å². The number of hydrogen-bond donors (Lipinski definition) is 3. The van der Waals surface area contributed by atoms with E-state index in [9.17, 15) is 0 Å². The van der Waals surface area contributed by atoms with Gasteiger partial charge in [-0.3, -0.25) is 0 Å². The second-order valence-corrected chi connectivity index (χ2v) is 4.08. The Kier molecular flexibility index (Phi) is 5.82. The molecule has 1 aromatic heterocycles. The maximum absolute atomic E-state index is 8.97. The Hall–Kier alpha value is -0.565. The van der Waals surface area contributed by atoms with Crippen LogP contribution in [0.15, 0.2) is 5.16 Å². The van der Waals surface area contributed by atoms with Crippen molar-refractivity contribution < 1.29 is 5.02 Å². The van der Waals surface area contributed by atoms with Crippen molar-refractivity contribution in [2.24, 2.45) is 0 Å². The molecule has 0 spiro atoms. The second-order valence-electron chi connectivity index (χ2n) is 2.97. The van der Waals surface area contributed by atoms with Gasteiger partial charge >= 0.3 is 7.05 Å². The highest BCUT2D eigenvalue weighted by molar-refractivity contribution is 7.98. The van der Waals surface area contributed by atoms with Crippen molar-refractivity contribution in [1.82, 2.24) is 20.2 Å². The number of hydrogen-bond acceptors (Lipinski definition) is 7. The Morgan fingerprint density at radius 3 is 2.75 bits per heavy atom. The van der Waals surface area contributed by atoms with Gasteiger partial charge in [0, 0.05) is 13.1 Å². The zero-order valence-corrected chi connectivity index (χ0v) is 10.6. The lowest BCUT2D eigenvalue weighted by Crippen LogP contribution is -2.34. The van der Waals surface area contributed by atoms with Gasteiger partial charge in [0.2, 0.25) is 11.2 Å². The zero-order valence-electron chi connectivity index (χ0n) is 9.07. The summed E-state index contributed by atoms with van der Waals surface area (Å²) >= 11 is 7.12. The third-order valence-corrected chi connectivity index (χ3v) is 2.33. The van der Waals surface area contributed by atoms with Gasteiger partial charge in [-0.1, -0.05) is 11.8 Å². The minimum absolute atomic E-state index is 0.172. The number of nitrogens with zero attached hydrogens (tertiary/aromatic N) is 3. The lowest BCUT2D eigenvalue weighted by molar-refractivity contribution is 0.556. The third kappa shape index (κ3) is 4.97. The van der Waals surface area contributed by atoms with Crippen LogP contribution in [0.25, 0.3) is 0 Å². The van der Waals surface area contributed by atoms with E-state index in [4.69, 9.17) is 16.6 Å². The molecule has 0 aliphatic heterocycles. The first-order chi connectivity index (χ1) is 7.61. The minimum Gasteiger partial charge on any atom is -0.437 e. The molecule has 1 rings (SSSR count). The molecule has 0 radical (unpaired) electrons. The molecule has 0 saturated heterocycles. The quantitative estimate of drug-likeness (QED) is 0.387. The molecular weight excluding hydrogens is 248 g/mol. The summed E-state index contributed by atoms with van der Waals surface area (Å²) in [6, 6.07) is 0. The van der Waals surface area contributed by atoms with E-state index in [0.29, 0.717) is 24.2 Å². The molecule has 3 N–H and O–H groups in total. The molecule has 6 nitrogen and oxygen atoms in total. The van der Waals surface area contributed by atoms with Gasteiger partial charge in [-0.25, -0.2) is 0 Å². The summed E-state index contributed by atoms with van der Waals surface area (Å²) in [5, 5.41) is 15.5. The Morgan fingerprint density at radius 1 is 1.38 bits per heavy atom. The minimum atomic E-state index is -0.523. The number of halogens is 1. The van der Waals surface area contributed by atoms with E-state index in [1.807, 2.05) is 6.26 Å². The van der Waals surface area contributed by atoms with E-state index in [0.717, 1.165) is 0 Å². The number of nitrogens with one attached hydrogen (secondary N) is 2. The molecule has 1 aromatic rings. The van der Waals surface area contributed by atoms with Gasteiger partial charge in [-0.15, -0.1) is 0 Å². The monoisotopic (exact) mass is 261 g/mol. The van der Waals surface area contributed by atoms with Crippen LogP contribution >= 0.6 is 23.4 Å². The molecule has 0 aromatic carbocycles. The molecule has 88 valence electrons. The average molecular weight is 262 g/mol. The fourth-order valence-corrected chi connectivity index (χ4v) is 1.52. The predicted molar refractivity (Wildman–Crippen MR) is 66.9 cm³/mol. The molecule has 9 heteroatoms. The van der Waals surface area contributed by atoms with Crippen LogP contribution < -0.4 is 10.5 Å². The highest BCUT2D eigenvalue weighted by atomic mass is 35.5. The van der Waals surface area contributed by atoms with E-state index < -0.39 is 7.05 Å². The lowest BCUT2D eigenvalue weighted by Gasteiger charge is -2.07. The summed E-state index contributed by atoms with van der Waals surface area (Å²) in [4.78, 5) is 12.0. The van der Waals surface area contributed by atoms with Gasteiger partial charge in [0.15, 0.2) is 5.16 Å². The van der Waals surface area contributed by atoms with E-state index >= 15 is 0 Å². The summed E-state index contributed by atoms with van der Waals surface area (Å²) in [5.41, 5.74) is 0. The smallest absolute Gasteiger partial charge is 0.373 e. The zero-order chi connectivity index (χ0) is 12.0. The van der Waals surface area contributed by atoms with Gasteiger partial charge < -0.3 is 15.6 Å². The molecule has 0 unspecified atom stereocenters. The van der Waals surface area contributed by atoms with Crippen LogP contribution in [0.1, 0.15) is 0 Å². The SMILES string of the molecule is CSc1nc(Cl)nc(NCCNB(C)O)n1. The normalized spacial score (nSPS) is 10.2. The molecule has 16 heavy (non-hydrogen) atoms. The maximum atomic E-state index is 8.97. The van der Waals surface area contributed by atoms with Crippen LogP contribution in [0.4, 0.5) is 5.95 Å². The summed E-state index contributed by atoms with van der Waals surface area (Å²) < 4.78 is 0. The fraction of sp³-hybridized carbons (Fsp3) is 0.571. The van der Waals surface area contributed by atoms with E-state index in [1.165, 1.54) is 11.8 Å². The summed E-state index contributed by atoms with van der Waals surface area (Å²) in [6.07, 6.45) is 1.87. The first-order valence-electron chi connectivity index (χ1n) is 4.72. The topological polar surface area (TPSA) is 83.0 Å². The van der Waals surface area contributed by atoms with Crippen LogP contribution in [0.3, 0.4) is 0 Å². The van der Waals surface area contributed by atoms with Crippen molar-refractivity contribution in [1.29, 1.82) is 0 Å². The number of aromatic nitrogens is 3. The van der Waals surface area contributed by atoms with Crippen LogP contribution in [0, 0.1) is 0 Å². The standard InChI is InChI=1S/C7H13BClN5OS/c1-8(15)11-4-3-10-6-12-5(9)13-7(14-6)16-2/h11,15H,3-4H2,1-2H3,(H,10,12,13,14).